The molecule has 0 N–H and O–H groups in total. The summed E-state index contributed by atoms with van der Waals surface area (Å²) in [5.74, 6) is 4.21. The van der Waals surface area contributed by atoms with Crippen molar-refractivity contribution in [1.29, 1.82) is 0 Å². The Balaban J connectivity index is -0.0000000953. The Bertz CT molecular complexity index is 828. The summed E-state index contributed by atoms with van der Waals surface area (Å²) in [6.07, 6.45) is 0. The largest absolute Gasteiger partial charge is 0.347 e. The van der Waals surface area contributed by atoms with E-state index < -0.39 is 0 Å². The highest BCUT2D eigenvalue weighted by atomic mass is 15.4. The van der Waals surface area contributed by atoms with Crippen LogP contribution in [-0.2, 0) is 0 Å². The summed E-state index contributed by atoms with van der Waals surface area (Å²) in [4.78, 5) is 39.7. The highest BCUT2D eigenvalue weighted by molar-refractivity contribution is 5.38. The molecule has 0 atom stereocenters. The van der Waals surface area contributed by atoms with E-state index in [0.717, 1.165) is 51.2 Å². The van der Waals surface area contributed by atoms with Gasteiger partial charge in [0.2, 0.25) is 23.8 Å². The maximum absolute atomic E-state index is 4.58. The van der Waals surface area contributed by atoms with Crippen LogP contribution in [0.4, 0.5) is 23.8 Å². The summed E-state index contributed by atoms with van der Waals surface area (Å²) in [6.45, 7) is 13.2. The van der Waals surface area contributed by atoms with E-state index in [4.69, 9.17) is 0 Å². The monoisotopic (exact) mass is 667 g/mol. The summed E-state index contributed by atoms with van der Waals surface area (Å²) < 4.78 is 0. The minimum Gasteiger partial charge on any atom is -0.347 e. The molecule has 0 radical (unpaired) electrons. The number of anilines is 4. The Labute approximate surface area is 293 Å². The molecule has 0 aromatic carbocycles. The quantitative estimate of drug-likeness (QED) is 0.270. The molecule has 1 saturated heterocycles. The van der Waals surface area contributed by atoms with Crippen molar-refractivity contribution in [2.75, 3.05) is 101 Å². The van der Waals surface area contributed by atoms with Crippen molar-refractivity contribution in [2.24, 2.45) is 0 Å². The zero-order chi connectivity index (χ0) is 25.4. The number of aryl methyl sites for hydroxylation is 2. The van der Waals surface area contributed by atoms with Crippen LogP contribution >= 0.6 is 0 Å². The van der Waals surface area contributed by atoms with Gasteiger partial charge in [-0.25, -0.2) is 0 Å². The normalized spacial score (nSPS) is 10.6. The number of nitrogens with zero attached hydrogens (tertiary/aromatic N) is 12. The molecule has 1 fully saturated rings. The van der Waals surface area contributed by atoms with E-state index in [-0.39, 0.29) is 89.1 Å². The van der Waals surface area contributed by atoms with Crippen molar-refractivity contribution in [2.45, 2.75) is 117 Å². The minimum atomic E-state index is 0. The van der Waals surface area contributed by atoms with Gasteiger partial charge >= 0.3 is 0 Å². The molecule has 0 saturated carbocycles. The van der Waals surface area contributed by atoms with Crippen LogP contribution in [0, 0.1) is 13.8 Å². The molecule has 3 heterocycles. The number of rotatable bonds is 8. The van der Waals surface area contributed by atoms with Gasteiger partial charge < -0.3 is 19.6 Å². The maximum Gasteiger partial charge on any atom is 0.231 e. The Hall–Kier alpha value is -2.86. The van der Waals surface area contributed by atoms with Crippen molar-refractivity contribution in [3.8, 4) is 0 Å². The molecule has 3 rings (SSSR count). The first-order chi connectivity index (χ1) is 16.1. The highest BCUT2D eigenvalue weighted by Gasteiger charge is 2.21. The lowest BCUT2D eigenvalue weighted by Crippen LogP contribution is -2.52. The molecular formula is C34H90N12. The van der Waals surface area contributed by atoms with Crippen molar-refractivity contribution in [3.05, 3.63) is 11.6 Å². The van der Waals surface area contributed by atoms with Gasteiger partial charge in [0.05, 0.1) is 13.3 Å². The molecule has 0 bridgehead atoms. The number of hydrogen-bond acceptors (Lipinski definition) is 12. The van der Waals surface area contributed by atoms with E-state index in [1.165, 1.54) is 0 Å². The zero-order valence-corrected chi connectivity index (χ0v) is 22.6. The van der Waals surface area contributed by atoms with Crippen molar-refractivity contribution in [3.63, 3.8) is 0 Å². The van der Waals surface area contributed by atoms with Gasteiger partial charge in [0.25, 0.3) is 0 Å². The second-order valence-electron chi connectivity index (χ2n) is 8.67. The molecule has 1 aliphatic rings. The lowest BCUT2D eigenvalue weighted by atomic mass is 10.3. The maximum atomic E-state index is 4.58. The number of piperazine rings is 1. The van der Waals surface area contributed by atoms with E-state index in [0.29, 0.717) is 23.8 Å². The first kappa shape index (κ1) is 74.2. The fourth-order valence-corrected chi connectivity index (χ4v) is 3.45. The van der Waals surface area contributed by atoms with Crippen LogP contribution in [0.5, 0.6) is 0 Å². The van der Waals surface area contributed by atoms with Crippen molar-refractivity contribution in [1.82, 2.24) is 39.7 Å². The van der Waals surface area contributed by atoms with E-state index in [2.05, 4.69) is 49.5 Å². The summed E-state index contributed by atoms with van der Waals surface area (Å²) in [7, 11) is 11.8. The Morgan fingerprint density at radius 2 is 0.630 bits per heavy atom. The van der Waals surface area contributed by atoms with E-state index >= 15 is 0 Å². The van der Waals surface area contributed by atoms with Gasteiger partial charge in [-0.1, -0.05) is 103 Å². The molecule has 2 aromatic heterocycles. The topological polar surface area (TPSA) is 96.8 Å². The molecule has 0 spiro atoms. The standard InChI is InChI=1S/C20H36N12.C2H6.12CH4/c1-15-21-17(27(3)4)25-19(23-15)29(7)13-31-9-11-32(12-10-31)14-30(8)20-24-16(2)22-18(26-20)28(5)6;1-2;;;;;;;;;;;;/h9-14H2,1-8H3;1-2H3;12*1H4. The van der Waals surface area contributed by atoms with Crippen LogP contribution in [0.1, 0.15) is 115 Å². The molecule has 0 unspecified atom stereocenters. The molecule has 0 aliphatic carbocycles. The van der Waals surface area contributed by atoms with Crippen LogP contribution in [0.3, 0.4) is 0 Å². The number of hydrogen-bond donors (Lipinski definition) is 0. The van der Waals surface area contributed by atoms with E-state index in [9.17, 15) is 0 Å². The summed E-state index contributed by atoms with van der Waals surface area (Å²) in [5, 5.41) is 0. The van der Waals surface area contributed by atoms with E-state index in [1.54, 1.807) is 0 Å². The predicted octanol–water partition coefficient (Wildman–Crippen LogP) is 8.57. The average Bonchev–Trinajstić information content (AvgIpc) is 2.80. The van der Waals surface area contributed by atoms with Crippen LogP contribution in [-0.4, -0.2) is 122 Å². The van der Waals surface area contributed by atoms with Crippen LogP contribution in [0.2, 0.25) is 0 Å². The number of aromatic nitrogens is 6. The molecule has 286 valence electrons. The van der Waals surface area contributed by atoms with Crippen LogP contribution in [0.15, 0.2) is 0 Å². The minimum absolute atomic E-state index is 0. The van der Waals surface area contributed by atoms with Gasteiger partial charge in [-0.2, -0.15) is 29.9 Å². The highest BCUT2D eigenvalue weighted by Crippen LogP contribution is 2.14. The first-order valence-corrected chi connectivity index (χ1v) is 11.8. The summed E-state index contributed by atoms with van der Waals surface area (Å²) >= 11 is 0. The van der Waals surface area contributed by atoms with Gasteiger partial charge in [-0.15, -0.1) is 0 Å². The Kier molecular flexibility index (Phi) is 56.4. The van der Waals surface area contributed by atoms with Gasteiger partial charge in [0.1, 0.15) is 11.6 Å². The van der Waals surface area contributed by atoms with Crippen molar-refractivity contribution < 1.29 is 0 Å². The average molecular weight is 667 g/mol. The Morgan fingerprint density at radius 3 is 0.848 bits per heavy atom. The van der Waals surface area contributed by atoms with Gasteiger partial charge in [0.15, 0.2) is 0 Å². The molecule has 12 heteroatoms. The smallest absolute Gasteiger partial charge is 0.231 e. The summed E-state index contributed by atoms with van der Waals surface area (Å²) in [5.41, 5.74) is 0. The fourth-order valence-electron chi connectivity index (χ4n) is 3.45. The lowest BCUT2D eigenvalue weighted by molar-refractivity contribution is 0.134. The third-order valence-corrected chi connectivity index (χ3v) is 5.22. The molecule has 46 heavy (non-hydrogen) atoms. The second kappa shape index (κ2) is 35.0. The van der Waals surface area contributed by atoms with Crippen LogP contribution < -0.4 is 19.6 Å². The zero-order valence-electron chi connectivity index (χ0n) is 22.6. The molecule has 2 aromatic rings. The molecule has 1 aliphatic heterocycles. The first-order valence-electron chi connectivity index (χ1n) is 11.8. The third kappa shape index (κ3) is 21.8. The second-order valence-corrected chi connectivity index (χ2v) is 8.67. The summed E-state index contributed by atoms with van der Waals surface area (Å²) in [6, 6.07) is 0. The predicted molar refractivity (Wildman–Crippen MR) is 220 cm³/mol. The molecule has 12 nitrogen and oxygen atoms in total. The third-order valence-electron chi connectivity index (χ3n) is 5.22. The SMILES string of the molecule is C.C.C.C.C.C.C.C.C.C.C.C.CC.Cc1nc(N(C)C)nc(N(C)CN2CCN(CN(C)c3nc(C)nc(N(C)C)n3)CC2)n1. The van der Waals surface area contributed by atoms with Crippen LogP contribution in [0.25, 0.3) is 0 Å². The van der Waals surface area contributed by atoms with Gasteiger partial charge in [-0.3, -0.25) is 9.80 Å². The Morgan fingerprint density at radius 1 is 0.413 bits per heavy atom. The lowest BCUT2D eigenvalue weighted by Gasteiger charge is -2.38. The van der Waals surface area contributed by atoms with E-state index in [1.807, 2.05) is 79.8 Å². The van der Waals surface area contributed by atoms with Gasteiger partial charge in [-0.05, 0) is 13.8 Å². The molecule has 0 amide bonds. The molecular weight excluding hydrogens is 576 g/mol. The van der Waals surface area contributed by atoms with Crippen molar-refractivity contribution >= 4 is 23.8 Å². The fraction of sp³-hybridized carbons (Fsp3) is 0.824. The van der Waals surface area contributed by atoms with Gasteiger partial charge in [0, 0.05) is 68.5 Å².